The molecule has 2 amide bonds. The van der Waals surface area contributed by atoms with Gasteiger partial charge in [-0.25, -0.2) is 0 Å². The van der Waals surface area contributed by atoms with Gasteiger partial charge in [-0.05, 0) is 131 Å². The highest BCUT2D eigenvalue weighted by Gasteiger charge is 2.40. The SMILES string of the molecule is COC(=O)C(C)(C)CC(C)(C)C(=O)Nc1cc(C(=O)NSc2ccc(NC(CCN(C)C)CSc3ccccc3)c([N+](=O)[O-])c2)ccc1N1CCN(Cc2ccccc2-c2ccc(Cl)cc2)CC1. The second kappa shape index (κ2) is 23.6. The minimum atomic E-state index is -0.998. The van der Waals surface area contributed by atoms with Gasteiger partial charge in [0.2, 0.25) is 5.91 Å². The number of ether oxygens (including phenoxy) is 1. The third-order valence-corrected chi connectivity index (χ3v) is 14.1. The summed E-state index contributed by atoms with van der Waals surface area (Å²) < 4.78 is 7.90. The molecular weight excluding hydrogens is 918 g/mol. The zero-order valence-corrected chi connectivity index (χ0v) is 42.2. The van der Waals surface area contributed by atoms with Crippen LogP contribution in [0.5, 0.6) is 0 Å². The number of methoxy groups -OCH3 is 1. The van der Waals surface area contributed by atoms with Crippen molar-refractivity contribution < 1.29 is 24.0 Å². The van der Waals surface area contributed by atoms with E-state index in [0.29, 0.717) is 40.1 Å². The van der Waals surface area contributed by atoms with Crippen LogP contribution in [0.2, 0.25) is 5.02 Å². The maximum Gasteiger partial charge on any atom is 0.311 e. The third kappa shape index (κ3) is 14.2. The highest BCUT2D eigenvalue weighted by molar-refractivity contribution is 7.99. The Morgan fingerprint density at radius 3 is 2.21 bits per heavy atom. The lowest BCUT2D eigenvalue weighted by Gasteiger charge is -2.38. The summed E-state index contributed by atoms with van der Waals surface area (Å²) in [6.45, 7) is 11.5. The van der Waals surface area contributed by atoms with Crippen molar-refractivity contribution in [2.45, 2.75) is 62.9 Å². The van der Waals surface area contributed by atoms with Crippen LogP contribution < -0.4 is 20.3 Å². The first-order chi connectivity index (χ1) is 32.4. The predicted molar refractivity (Wildman–Crippen MR) is 278 cm³/mol. The molecule has 1 fully saturated rings. The molecule has 1 aliphatic heterocycles. The zero-order valence-electron chi connectivity index (χ0n) is 39.8. The smallest absolute Gasteiger partial charge is 0.311 e. The van der Waals surface area contributed by atoms with E-state index in [1.165, 1.54) is 18.7 Å². The van der Waals surface area contributed by atoms with Gasteiger partial charge >= 0.3 is 5.97 Å². The van der Waals surface area contributed by atoms with Gasteiger partial charge in [-0.2, -0.15) is 0 Å². The van der Waals surface area contributed by atoms with Crippen LogP contribution in [-0.2, 0) is 20.9 Å². The average molecular weight is 981 g/mol. The average Bonchev–Trinajstić information content (AvgIpc) is 3.32. The van der Waals surface area contributed by atoms with E-state index in [4.69, 9.17) is 16.3 Å². The second-order valence-corrected chi connectivity index (χ2v) is 21.0. The van der Waals surface area contributed by atoms with Crippen molar-refractivity contribution in [1.82, 2.24) is 14.5 Å². The van der Waals surface area contributed by atoms with E-state index in [9.17, 15) is 24.5 Å². The van der Waals surface area contributed by atoms with Crippen LogP contribution in [0.15, 0.2) is 125 Å². The first-order valence-electron chi connectivity index (χ1n) is 22.6. The predicted octanol–water partition coefficient (Wildman–Crippen LogP) is 10.8. The van der Waals surface area contributed by atoms with Crippen molar-refractivity contribution in [3.8, 4) is 11.1 Å². The highest BCUT2D eigenvalue weighted by atomic mass is 35.5. The van der Waals surface area contributed by atoms with Crippen LogP contribution in [0.3, 0.4) is 0 Å². The monoisotopic (exact) mass is 979 g/mol. The van der Waals surface area contributed by atoms with Gasteiger partial charge in [0, 0.05) is 76.4 Å². The lowest BCUT2D eigenvalue weighted by atomic mass is 9.74. The number of piperazine rings is 1. The third-order valence-electron chi connectivity index (χ3n) is 11.9. The Hall–Kier alpha value is -5.58. The van der Waals surface area contributed by atoms with Crippen LogP contribution in [0, 0.1) is 20.9 Å². The van der Waals surface area contributed by atoms with Gasteiger partial charge in [0.25, 0.3) is 11.6 Å². The van der Waals surface area contributed by atoms with Gasteiger partial charge in [0.1, 0.15) is 5.69 Å². The lowest BCUT2D eigenvalue weighted by molar-refractivity contribution is -0.384. The Kier molecular flexibility index (Phi) is 18.0. The Bertz CT molecular complexity index is 2540. The van der Waals surface area contributed by atoms with Crippen molar-refractivity contribution in [3.05, 3.63) is 142 Å². The van der Waals surface area contributed by atoms with Crippen molar-refractivity contribution in [1.29, 1.82) is 0 Å². The number of hydrogen-bond donors (Lipinski definition) is 3. The molecule has 5 aromatic rings. The van der Waals surface area contributed by atoms with Crippen LogP contribution in [0.25, 0.3) is 11.1 Å². The maximum atomic E-state index is 14.2. The summed E-state index contributed by atoms with van der Waals surface area (Å²) in [5, 5.41) is 19.7. The Morgan fingerprint density at radius 1 is 0.838 bits per heavy atom. The van der Waals surface area contributed by atoms with E-state index in [1.54, 1.807) is 63.7 Å². The molecule has 0 spiro atoms. The number of rotatable bonds is 21. The van der Waals surface area contributed by atoms with Gasteiger partial charge in [-0.1, -0.05) is 80.0 Å². The fourth-order valence-electron chi connectivity index (χ4n) is 8.39. The maximum absolute atomic E-state index is 14.2. The fraction of sp³-hybridized carbons (Fsp3) is 0.365. The normalized spacial score (nSPS) is 13.8. The molecule has 3 N–H and O–H groups in total. The fourth-order valence-corrected chi connectivity index (χ4v) is 10.1. The molecule has 0 radical (unpaired) electrons. The molecule has 1 heterocycles. The summed E-state index contributed by atoms with van der Waals surface area (Å²) in [5.41, 5.74) is 3.35. The lowest BCUT2D eigenvalue weighted by Crippen LogP contribution is -2.46. The Labute approximate surface area is 414 Å². The number of amides is 2. The standard InChI is InChI=1S/C52H62ClN7O6S2/c1-51(2,35-52(3,4)50(63)66-7)49(62)55-45-31-37(19-24-46(45)59-29-27-58(28-30-59)33-38-13-11-12-16-43(38)36-17-20-39(53)21-18-36)48(61)56-68-42-22-23-44(47(32-42)60(64)65)54-40(25-26-57(5)6)34-67-41-14-9-8-10-15-41/h8-24,31-32,40,54H,25-30,33-35H2,1-7H3,(H,55,62)(H,56,61). The number of carbonyl (C=O) groups is 3. The Morgan fingerprint density at radius 2 is 1.53 bits per heavy atom. The van der Waals surface area contributed by atoms with Gasteiger partial charge in [-0.15, -0.1) is 11.8 Å². The first kappa shape index (κ1) is 51.8. The second-order valence-electron chi connectivity index (χ2n) is 18.6. The summed E-state index contributed by atoms with van der Waals surface area (Å²) in [5.74, 6) is -0.465. The van der Waals surface area contributed by atoms with E-state index in [0.717, 1.165) is 66.3 Å². The molecule has 0 saturated carbocycles. The molecule has 0 bridgehead atoms. The summed E-state index contributed by atoms with van der Waals surface area (Å²) in [6, 6.07) is 36.4. The van der Waals surface area contributed by atoms with Crippen molar-refractivity contribution >= 4 is 75.8 Å². The molecule has 13 nitrogen and oxygen atoms in total. The summed E-state index contributed by atoms with van der Waals surface area (Å²) in [7, 11) is 5.34. The number of anilines is 3. The van der Waals surface area contributed by atoms with E-state index in [2.05, 4.69) is 48.3 Å². The Balaban J connectivity index is 1.18. The number of nitro benzene ring substituents is 1. The highest BCUT2D eigenvalue weighted by Crippen LogP contribution is 2.38. The molecule has 5 aromatic carbocycles. The molecule has 360 valence electrons. The van der Waals surface area contributed by atoms with Crippen molar-refractivity contribution in [2.75, 3.05) is 75.2 Å². The van der Waals surface area contributed by atoms with Crippen LogP contribution in [-0.4, -0.2) is 98.2 Å². The number of nitrogens with one attached hydrogen (secondary N) is 3. The quantitative estimate of drug-likeness (QED) is 0.0211. The van der Waals surface area contributed by atoms with Gasteiger partial charge in [-0.3, -0.25) is 34.1 Å². The first-order valence-corrected chi connectivity index (χ1v) is 24.8. The number of benzene rings is 5. The minimum Gasteiger partial charge on any atom is -0.469 e. The number of thioether (sulfide) groups is 1. The molecule has 68 heavy (non-hydrogen) atoms. The molecule has 1 aliphatic rings. The molecule has 1 atom stereocenters. The molecule has 0 aromatic heterocycles. The molecule has 16 heteroatoms. The molecule has 0 aliphatic carbocycles. The van der Waals surface area contributed by atoms with Crippen molar-refractivity contribution in [3.63, 3.8) is 0 Å². The molecule has 1 unspecified atom stereocenters. The van der Waals surface area contributed by atoms with Crippen LogP contribution in [0.1, 0.15) is 56.5 Å². The van der Waals surface area contributed by atoms with Crippen LogP contribution in [0.4, 0.5) is 22.7 Å². The zero-order chi connectivity index (χ0) is 49.0. The summed E-state index contributed by atoms with van der Waals surface area (Å²) >= 11 is 8.86. The molecular formula is C52H62ClN7O6S2. The van der Waals surface area contributed by atoms with Crippen molar-refractivity contribution in [2.24, 2.45) is 10.8 Å². The molecule has 6 rings (SSSR count). The van der Waals surface area contributed by atoms with Crippen LogP contribution >= 0.6 is 35.3 Å². The number of esters is 1. The minimum absolute atomic E-state index is 0.0470. The van der Waals surface area contributed by atoms with Gasteiger partial charge < -0.3 is 25.2 Å². The molecule has 1 saturated heterocycles. The number of nitrogens with zero attached hydrogens (tertiary/aromatic N) is 4. The summed E-state index contributed by atoms with van der Waals surface area (Å²) in [4.78, 5) is 61.0. The van der Waals surface area contributed by atoms with E-state index < -0.39 is 27.6 Å². The van der Waals surface area contributed by atoms with E-state index >= 15 is 0 Å². The number of carbonyl (C=O) groups excluding carboxylic acids is 3. The van der Waals surface area contributed by atoms with Gasteiger partial charge in [0.15, 0.2) is 0 Å². The van der Waals surface area contributed by atoms with E-state index in [-0.39, 0.29) is 29.6 Å². The largest absolute Gasteiger partial charge is 0.469 e. The van der Waals surface area contributed by atoms with E-state index in [1.807, 2.05) is 80.8 Å². The van der Waals surface area contributed by atoms with Gasteiger partial charge in [0.05, 0.1) is 28.8 Å². The summed E-state index contributed by atoms with van der Waals surface area (Å²) in [6.07, 6.45) is 0.989. The number of nitro groups is 1. The number of hydrogen-bond acceptors (Lipinski definition) is 12. The topological polar surface area (TPSA) is 149 Å². The number of halogens is 1.